The van der Waals surface area contributed by atoms with Crippen molar-refractivity contribution in [2.45, 2.75) is 39.7 Å². The van der Waals surface area contributed by atoms with Crippen molar-refractivity contribution in [3.63, 3.8) is 0 Å². The number of halogens is 1. The van der Waals surface area contributed by atoms with E-state index in [-0.39, 0.29) is 11.9 Å². The SMILES string of the molecule is Cc1ccc(C)c(C(C)NC(=O)CCc2ncc(-c3ccc(Cl)cc3)o2)c1. The van der Waals surface area contributed by atoms with E-state index >= 15 is 0 Å². The number of hydrogen-bond donors (Lipinski definition) is 1. The van der Waals surface area contributed by atoms with Crippen LogP contribution in [-0.4, -0.2) is 10.9 Å². The van der Waals surface area contributed by atoms with Gasteiger partial charge in [-0.05, 0) is 56.2 Å². The topological polar surface area (TPSA) is 55.1 Å². The van der Waals surface area contributed by atoms with Gasteiger partial charge in [0.15, 0.2) is 11.7 Å². The molecule has 1 N–H and O–H groups in total. The van der Waals surface area contributed by atoms with Crippen LogP contribution in [0.25, 0.3) is 11.3 Å². The molecule has 0 spiro atoms. The molecule has 1 atom stereocenters. The van der Waals surface area contributed by atoms with Crippen LogP contribution >= 0.6 is 11.6 Å². The zero-order valence-electron chi connectivity index (χ0n) is 15.8. The van der Waals surface area contributed by atoms with E-state index in [9.17, 15) is 4.79 Å². The summed E-state index contributed by atoms with van der Waals surface area (Å²) in [5.41, 5.74) is 4.41. The maximum absolute atomic E-state index is 12.3. The summed E-state index contributed by atoms with van der Waals surface area (Å²) >= 11 is 5.90. The summed E-state index contributed by atoms with van der Waals surface area (Å²) in [6.45, 7) is 6.12. The first-order valence-corrected chi connectivity index (χ1v) is 9.37. The van der Waals surface area contributed by atoms with Gasteiger partial charge in [0.05, 0.1) is 12.2 Å². The molecule has 0 aliphatic carbocycles. The number of aromatic nitrogens is 1. The van der Waals surface area contributed by atoms with Crippen molar-refractivity contribution in [2.24, 2.45) is 0 Å². The predicted molar refractivity (Wildman–Crippen MR) is 108 cm³/mol. The molecule has 0 bridgehead atoms. The first-order valence-electron chi connectivity index (χ1n) is 8.99. The normalized spacial score (nSPS) is 12.0. The summed E-state index contributed by atoms with van der Waals surface area (Å²) in [4.78, 5) is 16.6. The molecule has 4 nitrogen and oxygen atoms in total. The molecular formula is C22H23ClN2O2. The fourth-order valence-electron chi connectivity index (χ4n) is 3.01. The van der Waals surface area contributed by atoms with Gasteiger partial charge in [-0.1, -0.05) is 35.4 Å². The average Bonchev–Trinajstić information content (AvgIpc) is 3.11. The third-order valence-electron chi connectivity index (χ3n) is 4.53. The van der Waals surface area contributed by atoms with Crippen LogP contribution in [-0.2, 0) is 11.2 Å². The molecule has 0 fully saturated rings. The van der Waals surface area contributed by atoms with Crippen LogP contribution in [0.3, 0.4) is 0 Å². The van der Waals surface area contributed by atoms with E-state index in [1.165, 1.54) is 11.1 Å². The molecule has 0 radical (unpaired) electrons. The molecule has 27 heavy (non-hydrogen) atoms. The Morgan fingerprint density at radius 1 is 1.19 bits per heavy atom. The van der Waals surface area contributed by atoms with Crippen LogP contribution < -0.4 is 5.32 Å². The van der Waals surface area contributed by atoms with Gasteiger partial charge in [-0.3, -0.25) is 4.79 Å². The van der Waals surface area contributed by atoms with Crippen molar-refractivity contribution < 1.29 is 9.21 Å². The number of carbonyl (C=O) groups excluding carboxylic acids is 1. The second kappa shape index (κ2) is 8.40. The maximum atomic E-state index is 12.3. The van der Waals surface area contributed by atoms with Gasteiger partial charge >= 0.3 is 0 Å². The van der Waals surface area contributed by atoms with Crippen molar-refractivity contribution in [1.82, 2.24) is 10.3 Å². The molecule has 0 aliphatic heterocycles. The molecule has 2 aromatic carbocycles. The lowest BCUT2D eigenvalue weighted by Crippen LogP contribution is -2.27. The largest absolute Gasteiger partial charge is 0.441 e. The van der Waals surface area contributed by atoms with Crippen molar-refractivity contribution in [3.8, 4) is 11.3 Å². The van der Waals surface area contributed by atoms with E-state index in [1.54, 1.807) is 18.3 Å². The number of rotatable bonds is 6. The fourth-order valence-corrected chi connectivity index (χ4v) is 3.14. The summed E-state index contributed by atoms with van der Waals surface area (Å²) in [6.07, 6.45) is 2.46. The lowest BCUT2D eigenvalue weighted by molar-refractivity contribution is -0.121. The van der Waals surface area contributed by atoms with Gasteiger partial charge in [0.2, 0.25) is 5.91 Å². The van der Waals surface area contributed by atoms with Crippen LogP contribution in [0, 0.1) is 13.8 Å². The van der Waals surface area contributed by atoms with Gasteiger partial charge in [0.1, 0.15) is 0 Å². The summed E-state index contributed by atoms with van der Waals surface area (Å²) in [6, 6.07) is 13.6. The smallest absolute Gasteiger partial charge is 0.220 e. The molecule has 0 saturated carbocycles. The van der Waals surface area contributed by atoms with Crippen LogP contribution in [0.5, 0.6) is 0 Å². The molecule has 1 heterocycles. The predicted octanol–water partition coefficient (Wildman–Crippen LogP) is 5.42. The Morgan fingerprint density at radius 2 is 1.93 bits per heavy atom. The number of nitrogens with one attached hydrogen (secondary N) is 1. The highest BCUT2D eigenvalue weighted by Crippen LogP contribution is 2.23. The van der Waals surface area contributed by atoms with Crippen molar-refractivity contribution in [1.29, 1.82) is 0 Å². The minimum Gasteiger partial charge on any atom is -0.441 e. The van der Waals surface area contributed by atoms with E-state index < -0.39 is 0 Å². The number of aryl methyl sites for hydroxylation is 3. The zero-order valence-corrected chi connectivity index (χ0v) is 16.5. The van der Waals surface area contributed by atoms with Crippen molar-refractivity contribution >= 4 is 17.5 Å². The minimum atomic E-state index is -0.0356. The standard InChI is InChI=1S/C22H23ClN2O2/c1-14-4-5-15(2)19(12-14)16(3)25-21(26)10-11-22-24-13-20(27-22)17-6-8-18(23)9-7-17/h4-9,12-13,16H,10-11H2,1-3H3,(H,25,26). The van der Waals surface area contributed by atoms with E-state index in [1.807, 2.05) is 19.1 Å². The highest BCUT2D eigenvalue weighted by Gasteiger charge is 2.13. The number of benzene rings is 2. The Morgan fingerprint density at radius 3 is 2.67 bits per heavy atom. The third-order valence-corrected chi connectivity index (χ3v) is 4.78. The average molecular weight is 383 g/mol. The highest BCUT2D eigenvalue weighted by atomic mass is 35.5. The monoisotopic (exact) mass is 382 g/mol. The number of oxazole rings is 1. The van der Waals surface area contributed by atoms with Crippen molar-refractivity contribution in [2.75, 3.05) is 0 Å². The molecule has 1 aromatic heterocycles. The van der Waals surface area contributed by atoms with Gasteiger partial charge < -0.3 is 9.73 Å². The highest BCUT2D eigenvalue weighted by molar-refractivity contribution is 6.30. The van der Waals surface area contributed by atoms with Gasteiger partial charge in [-0.15, -0.1) is 0 Å². The summed E-state index contributed by atoms with van der Waals surface area (Å²) < 4.78 is 5.75. The third kappa shape index (κ3) is 4.98. The molecule has 1 unspecified atom stereocenters. The Bertz CT molecular complexity index is 932. The van der Waals surface area contributed by atoms with E-state index in [4.69, 9.17) is 16.0 Å². The molecule has 0 aliphatic rings. The lowest BCUT2D eigenvalue weighted by atomic mass is 10.00. The first kappa shape index (κ1) is 19.2. The summed E-state index contributed by atoms with van der Waals surface area (Å²) in [7, 11) is 0. The maximum Gasteiger partial charge on any atom is 0.220 e. The zero-order chi connectivity index (χ0) is 19.4. The molecule has 1 amide bonds. The molecule has 5 heteroatoms. The Balaban J connectivity index is 1.56. The number of amides is 1. The number of hydrogen-bond acceptors (Lipinski definition) is 3. The Kier molecular flexibility index (Phi) is 5.97. The molecule has 3 rings (SSSR count). The number of nitrogens with zero attached hydrogens (tertiary/aromatic N) is 1. The van der Waals surface area contributed by atoms with Gasteiger partial charge in [0.25, 0.3) is 0 Å². The van der Waals surface area contributed by atoms with Gasteiger partial charge in [0, 0.05) is 23.4 Å². The van der Waals surface area contributed by atoms with Crippen LogP contribution in [0.1, 0.15) is 42.0 Å². The molecule has 140 valence electrons. The van der Waals surface area contributed by atoms with Crippen molar-refractivity contribution in [3.05, 3.63) is 76.3 Å². The second-order valence-corrected chi connectivity index (χ2v) is 7.21. The minimum absolute atomic E-state index is 0.0188. The Hall–Kier alpha value is -2.59. The van der Waals surface area contributed by atoms with E-state index in [0.717, 1.165) is 11.1 Å². The summed E-state index contributed by atoms with van der Waals surface area (Å²) in [5.74, 6) is 1.20. The van der Waals surface area contributed by atoms with Crippen LogP contribution in [0.2, 0.25) is 5.02 Å². The molecule has 0 saturated heterocycles. The van der Waals surface area contributed by atoms with Crippen LogP contribution in [0.4, 0.5) is 0 Å². The second-order valence-electron chi connectivity index (χ2n) is 6.77. The van der Waals surface area contributed by atoms with E-state index in [0.29, 0.717) is 29.5 Å². The van der Waals surface area contributed by atoms with Gasteiger partial charge in [-0.2, -0.15) is 0 Å². The molecular weight excluding hydrogens is 360 g/mol. The molecule has 3 aromatic rings. The Labute approximate surface area is 164 Å². The number of carbonyl (C=O) groups is 1. The lowest BCUT2D eigenvalue weighted by Gasteiger charge is -2.17. The quantitative estimate of drug-likeness (QED) is 0.619. The van der Waals surface area contributed by atoms with Crippen LogP contribution in [0.15, 0.2) is 53.1 Å². The van der Waals surface area contributed by atoms with E-state index in [2.05, 4.69) is 42.3 Å². The summed E-state index contributed by atoms with van der Waals surface area (Å²) in [5, 5.41) is 3.73. The van der Waals surface area contributed by atoms with Gasteiger partial charge in [-0.25, -0.2) is 4.98 Å². The first-order chi connectivity index (χ1) is 12.9. The fraction of sp³-hybridized carbons (Fsp3) is 0.273.